The highest BCUT2D eigenvalue weighted by Gasteiger charge is 2.07. The molecule has 1 aromatic rings. The standard InChI is InChI=1S/C17H22FN5/c1-5-15(13-7-8-16(19-3)14(18)11-13)23-17(20-4)12-22-10-9-21-6-2/h5-12,19H,1-4H3,(H,20,23)/b10-9-,15-5-,21-6?,22-12?. The number of hydrogen-bond donors (Lipinski definition) is 2. The van der Waals surface area contributed by atoms with E-state index in [0.717, 1.165) is 11.3 Å². The molecule has 0 heterocycles. The van der Waals surface area contributed by atoms with Crippen LogP contribution >= 0.6 is 0 Å². The fraction of sp³-hybridized carbons (Fsp3) is 0.235. The van der Waals surface area contributed by atoms with Crippen molar-refractivity contribution in [1.29, 1.82) is 0 Å². The van der Waals surface area contributed by atoms with Gasteiger partial charge in [-0.1, -0.05) is 12.1 Å². The Morgan fingerprint density at radius 1 is 1.17 bits per heavy atom. The summed E-state index contributed by atoms with van der Waals surface area (Å²) in [6.07, 6.45) is 8.23. The van der Waals surface area contributed by atoms with Crippen molar-refractivity contribution >= 4 is 29.6 Å². The first kappa shape index (κ1) is 18.3. The van der Waals surface area contributed by atoms with Gasteiger partial charge in [-0.2, -0.15) is 0 Å². The fourth-order valence-electron chi connectivity index (χ4n) is 1.76. The Balaban J connectivity index is 2.88. The van der Waals surface area contributed by atoms with Crippen molar-refractivity contribution in [3.8, 4) is 0 Å². The molecule has 0 atom stereocenters. The number of halogens is 1. The number of allylic oxidation sites excluding steroid dienone is 1. The van der Waals surface area contributed by atoms with Gasteiger partial charge in [-0.05, 0) is 26.0 Å². The number of nitrogens with one attached hydrogen (secondary N) is 2. The van der Waals surface area contributed by atoms with Gasteiger partial charge in [0.25, 0.3) is 0 Å². The Hall–Kier alpha value is -2.76. The van der Waals surface area contributed by atoms with E-state index in [1.807, 2.05) is 26.0 Å². The summed E-state index contributed by atoms with van der Waals surface area (Å²) in [6.45, 7) is 3.69. The Bertz CT molecular complexity index is 657. The summed E-state index contributed by atoms with van der Waals surface area (Å²) in [5, 5.41) is 5.92. The zero-order valence-electron chi connectivity index (χ0n) is 13.8. The molecule has 5 nitrogen and oxygen atoms in total. The zero-order valence-corrected chi connectivity index (χ0v) is 13.8. The number of aliphatic imine (C=N–C) groups is 3. The van der Waals surface area contributed by atoms with Crippen molar-refractivity contribution in [2.24, 2.45) is 15.0 Å². The molecule has 0 aliphatic rings. The van der Waals surface area contributed by atoms with Gasteiger partial charge in [0.2, 0.25) is 0 Å². The lowest BCUT2D eigenvalue weighted by Gasteiger charge is -2.12. The Kier molecular flexibility index (Phi) is 7.99. The van der Waals surface area contributed by atoms with Gasteiger partial charge in [0, 0.05) is 44.0 Å². The fourth-order valence-corrected chi connectivity index (χ4v) is 1.76. The van der Waals surface area contributed by atoms with Crippen LogP contribution in [0.5, 0.6) is 0 Å². The monoisotopic (exact) mass is 315 g/mol. The predicted octanol–water partition coefficient (Wildman–Crippen LogP) is 3.48. The molecular weight excluding hydrogens is 293 g/mol. The molecule has 0 aliphatic carbocycles. The van der Waals surface area contributed by atoms with Crippen molar-refractivity contribution in [1.82, 2.24) is 5.32 Å². The maximum absolute atomic E-state index is 13.9. The van der Waals surface area contributed by atoms with Crippen molar-refractivity contribution in [3.63, 3.8) is 0 Å². The molecule has 1 rings (SSSR count). The van der Waals surface area contributed by atoms with Crippen molar-refractivity contribution in [3.05, 3.63) is 48.1 Å². The number of benzene rings is 1. The van der Waals surface area contributed by atoms with Gasteiger partial charge >= 0.3 is 0 Å². The van der Waals surface area contributed by atoms with Crippen molar-refractivity contribution in [2.75, 3.05) is 19.4 Å². The number of nitrogens with zero attached hydrogens (tertiary/aromatic N) is 3. The molecule has 0 saturated heterocycles. The predicted molar refractivity (Wildman–Crippen MR) is 97.9 cm³/mol. The van der Waals surface area contributed by atoms with E-state index in [-0.39, 0.29) is 5.82 Å². The average Bonchev–Trinajstić information content (AvgIpc) is 2.57. The highest BCUT2D eigenvalue weighted by molar-refractivity contribution is 6.31. The van der Waals surface area contributed by atoms with Crippen LogP contribution in [0.2, 0.25) is 0 Å². The van der Waals surface area contributed by atoms with Gasteiger partial charge in [0.05, 0.1) is 11.9 Å². The number of rotatable bonds is 6. The SMILES string of the molecule is CC=N/C=C\N=CC(=NC)N/C(=C\C)c1ccc(NC)c(F)c1. The van der Waals surface area contributed by atoms with Gasteiger partial charge in [-0.25, -0.2) is 4.39 Å². The van der Waals surface area contributed by atoms with E-state index in [0.29, 0.717) is 11.5 Å². The molecule has 0 radical (unpaired) electrons. The van der Waals surface area contributed by atoms with Crippen LogP contribution in [-0.4, -0.2) is 32.4 Å². The third-order valence-corrected chi connectivity index (χ3v) is 2.93. The largest absolute Gasteiger partial charge is 0.386 e. The summed E-state index contributed by atoms with van der Waals surface area (Å²) in [5.41, 5.74) is 1.93. The lowest BCUT2D eigenvalue weighted by Crippen LogP contribution is -2.23. The van der Waals surface area contributed by atoms with Gasteiger partial charge in [0.1, 0.15) is 11.7 Å². The molecule has 122 valence electrons. The normalized spacial score (nSPS) is 13.4. The van der Waals surface area contributed by atoms with Crippen LogP contribution in [0, 0.1) is 5.82 Å². The first-order chi connectivity index (χ1) is 11.2. The van der Waals surface area contributed by atoms with Crippen LogP contribution in [0.1, 0.15) is 19.4 Å². The molecule has 0 amide bonds. The van der Waals surface area contributed by atoms with Crippen LogP contribution in [-0.2, 0) is 0 Å². The van der Waals surface area contributed by atoms with Gasteiger partial charge < -0.3 is 10.6 Å². The molecule has 0 spiro atoms. The number of hydrogen-bond acceptors (Lipinski definition) is 4. The maximum Gasteiger partial charge on any atom is 0.146 e. The summed E-state index contributed by atoms with van der Waals surface area (Å²) in [5.74, 6) is 0.247. The topological polar surface area (TPSA) is 61.1 Å². The number of anilines is 1. The first-order valence-electron chi connectivity index (χ1n) is 7.20. The van der Waals surface area contributed by atoms with Crippen LogP contribution < -0.4 is 10.6 Å². The third-order valence-electron chi connectivity index (χ3n) is 2.93. The molecule has 1 aromatic carbocycles. The second kappa shape index (κ2) is 10.0. The van der Waals surface area contributed by atoms with E-state index in [1.54, 1.807) is 45.0 Å². The summed E-state index contributed by atoms with van der Waals surface area (Å²) < 4.78 is 13.9. The molecule has 2 N–H and O–H groups in total. The summed E-state index contributed by atoms with van der Waals surface area (Å²) in [6, 6.07) is 4.99. The van der Waals surface area contributed by atoms with Crippen LogP contribution in [0.3, 0.4) is 0 Å². The van der Waals surface area contributed by atoms with E-state index in [4.69, 9.17) is 0 Å². The van der Waals surface area contributed by atoms with Gasteiger partial charge in [-0.3, -0.25) is 15.0 Å². The van der Waals surface area contributed by atoms with E-state index in [2.05, 4.69) is 25.6 Å². The van der Waals surface area contributed by atoms with Gasteiger partial charge in [-0.15, -0.1) is 0 Å². The third kappa shape index (κ3) is 5.86. The minimum atomic E-state index is -0.310. The van der Waals surface area contributed by atoms with Crippen molar-refractivity contribution in [2.45, 2.75) is 13.8 Å². The molecule has 0 unspecified atom stereocenters. The van der Waals surface area contributed by atoms with E-state index < -0.39 is 0 Å². The molecule has 0 aliphatic heterocycles. The summed E-state index contributed by atoms with van der Waals surface area (Å²) in [4.78, 5) is 12.1. The minimum Gasteiger partial charge on any atom is -0.386 e. The minimum absolute atomic E-state index is 0.310. The van der Waals surface area contributed by atoms with Crippen molar-refractivity contribution < 1.29 is 4.39 Å². The lowest BCUT2D eigenvalue weighted by atomic mass is 10.1. The Morgan fingerprint density at radius 2 is 1.91 bits per heavy atom. The molecule has 23 heavy (non-hydrogen) atoms. The Labute approximate surface area is 136 Å². The quantitative estimate of drug-likeness (QED) is 0.623. The highest BCUT2D eigenvalue weighted by atomic mass is 19.1. The molecule has 0 bridgehead atoms. The van der Waals surface area contributed by atoms with E-state index >= 15 is 0 Å². The molecule has 0 saturated carbocycles. The maximum atomic E-state index is 13.9. The zero-order chi connectivity index (χ0) is 17.1. The molecular formula is C17H22FN5. The van der Waals surface area contributed by atoms with E-state index in [1.165, 1.54) is 6.07 Å². The molecule has 0 fully saturated rings. The van der Waals surface area contributed by atoms with Crippen LogP contribution in [0.15, 0.2) is 51.7 Å². The lowest BCUT2D eigenvalue weighted by molar-refractivity contribution is 0.631. The number of amidine groups is 1. The first-order valence-corrected chi connectivity index (χ1v) is 7.20. The summed E-state index contributed by atoms with van der Waals surface area (Å²) >= 11 is 0. The van der Waals surface area contributed by atoms with Crippen LogP contribution in [0.4, 0.5) is 10.1 Å². The van der Waals surface area contributed by atoms with E-state index in [9.17, 15) is 4.39 Å². The Morgan fingerprint density at radius 3 is 2.48 bits per heavy atom. The van der Waals surface area contributed by atoms with Crippen LogP contribution in [0.25, 0.3) is 5.70 Å². The molecule has 0 aromatic heterocycles. The summed E-state index contributed by atoms with van der Waals surface area (Å²) in [7, 11) is 3.33. The van der Waals surface area contributed by atoms with Gasteiger partial charge in [0.15, 0.2) is 0 Å². The average molecular weight is 315 g/mol. The second-order valence-corrected chi connectivity index (χ2v) is 4.36. The smallest absolute Gasteiger partial charge is 0.146 e. The molecule has 6 heteroatoms. The second-order valence-electron chi connectivity index (χ2n) is 4.36. The highest BCUT2D eigenvalue weighted by Crippen LogP contribution is 2.19.